The molecule has 6 nitrogen and oxygen atoms in total. The van der Waals surface area contributed by atoms with Gasteiger partial charge in [0.15, 0.2) is 0 Å². The van der Waals surface area contributed by atoms with Crippen LogP contribution in [0.4, 0.5) is 0 Å². The molecule has 118 valence electrons. The molecule has 0 saturated carbocycles. The second-order valence-electron chi connectivity index (χ2n) is 4.95. The molecule has 0 aliphatic rings. The first kappa shape index (κ1) is 17.5. The van der Waals surface area contributed by atoms with Crippen molar-refractivity contribution >= 4 is 15.9 Å². The van der Waals surface area contributed by atoms with E-state index in [-0.39, 0.29) is 24.9 Å². The highest BCUT2D eigenvalue weighted by Crippen LogP contribution is 2.25. The minimum atomic E-state index is -3.27. The van der Waals surface area contributed by atoms with Crippen LogP contribution in [-0.4, -0.2) is 34.2 Å². The van der Waals surface area contributed by atoms with E-state index >= 15 is 0 Å². The van der Waals surface area contributed by atoms with Gasteiger partial charge in [-0.2, -0.15) is 0 Å². The maximum absolute atomic E-state index is 11.8. The second-order valence-corrected chi connectivity index (χ2v) is 6.78. The van der Waals surface area contributed by atoms with Crippen LogP contribution in [0.2, 0.25) is 0 Å². The van der Waals surface area contributed by atoms with Gasteiger partial charge in [-0.15, -0.1) is 0 Å². The van der Waals surface area contributed by atoms with Crippen LogP contribution in [0.1, 0.15) is 30.5 Å². The normalized spacial score (nSPS) is 12.8. The highest BCUT2D eigenvalue weighted by atomic mass is 32.2. The molecule has 0 fully saturated rings. The van der Waals surface area contributed by atoms with E-state index in [9.17, 15) is 13.2 Å². The third-order valence-corrected chi connectivity index (χ3v) is 3.67. The first-order chi connectivity index (χ1) is 9.73. The average molecular weight is 314 g/mol. The zero-order chi connectivity index (χ0) is 16.0. The molecule has 0 spiro atoms. The minimum Gasteiger partial charge on any atom is -0.496 e. The summed E-state index contributed by atoms with van der Waals surface area (Å²) in [4.78, 5) is 11.8. The van der Waals surface area contributed by atoms with E-state index in [0.717, 1.165) is 17.4 Å². The number of amides is 1. The van der Waals surface area contributed by atoms with Gasteiger partial charge >= 0.3 is 0 Å². The molecule has 0 aliphatic carbocycles. The summed E-state index contributed by atoms with van der Waals surface area (Å²) in [7, 11) is -1.68. The van der Waals surface area contributed by atoms with Gasteiger partial charge < -0.3 is 10.1 Å². The lowest BCUT2D eigenvalue weighted by atomic mass is 10.0. The van der Waals surface area contributed by atoms with E-state index in [4.69, 9.17) is 4.74 Å². The molecule has 0 aromatic heterocycles. The molecule has 0 heterocycles. The number of hydrogen-bond acceptors (Lipinski definition) is 4. The number of nitrogens with one attached hydrogen (secondary N) is 2. The number of sulfonamides is 1. The standard InChI is InChI=1S/C14H22N2O4S/c1-10-5-6-13(20-3)12(9-10)11(2)16-14(17)7-8-15-21(4,18)19/h5-6,9,11,15H,7-8H2,1-4H3,(H,16,17). The summed E-state index contributed by atoms with van der Waals surface area (Å²) in [5, 5.41) is 2.83. The maximum Gasteiger partial charge on any atom is 0.221 e. The highest BCUT2D eigenvalue weighted by molar-refractivity contribution is 7.88. The van der Waals surface area contributed by atoms with Crippen molar-refractivity contribution < 1.29 is 17.9 Å². The molecule has 7 heteroatoms. The predicted molar refractivity (Wildman–Crippen MR) is 81.8 cm³/mol. The van der Waals surface area contributed by atoms with Gasteiger partial charge in [0.05, 0.1) is 19.4 Å². The number of benzene rings is 1. The molecule has 1 aromatic carbocycles. The van der Waals surface area contributed by atoms with Crippen molar-refractivity contribution in [2.45, 2.75) is 26.3 Å². The SMILES string of the molecule is COc1ccc(C)cc1C(C)NC(=O)CCNS(C)(=O)=O. The van der Waals surface area contributed by atoms with Gasteiger partial charge in [-0.1, -0.05) is 17.7 Å². The van der Waals surface area contributed by atoms with E-state index in [1.807, 2.05) is 32.0 Å². The van der Waals surface area contributed by atoms with Crippen LogP contribution in [0, 0.1) is 6.92 Å². The summed E-state index contributed by atoms with van der Waals surface area (Å²) in [6.45, 7) is 3.91. The van der Waals surface area contributed by atoms with E-state index < -0.39 is 10.0 Å². The molecule has 1 amide bonds. The van der Waals surface area contributed by atoms with Crippen molar-refractivity contribution in [2.24, 2.45) is 0 Å². The molecule has 1 atom stereocenters. The van der Waals surface area contributed by atoms with E-state index in [1.165, 1.54) is 0 Å². The third kappa shape index (κ3) is 6.14. The molecule has 0 aliphatic heterocycles. The van der Waals surface area contributed by atoms with Gasteiger partial charge in [0.2, 0.25) is 15.9 Å². The van der Waals surface area contributed by atoms with Crippen LogP contribution < -0.4 is 14.8 Å². The van der Waals surface area contributed by atoms with Crippen LogP contribution in [0.5, 0.6) is 5.75 Å². The summed E-state index contributed by atoms with van der Waals surface area (Å²) in [5.74, 6) is 0.491. The van der Waals surface area contributed by atoms with Gasteiger partial charge in [0.1, 0.15) is 5.75 Å². The second kappa shape index (κ2) is 7.42. The number of ether oxygens (including phenoxy) is 1. The fraction of sp³-hybridized carbons (Fsp3) is 0.500. The monoisotopic (exact) mass is 314 g/mol. The Balaban J connectivity index is 2.62. The minimum absolute atomic E-state index is 0.0857. The predicted octanol–water partition coefficient (Wildman–Crippen LogP) is 1.12. The van der Waals surface area contributed by atoms with Crippen molar-refractivity contribution in [3.05, 3.63) is 29.3 Å². The van der Waals surface area contributed by atoms with Crippen molar-refractivity contribution in [1.29, 1.82) is 0 Å². The Bertz CT molecular complexity index is 599. The molecule has 0 radical (unpaired) electrons. The molecule has 21 heavy (non-hydrogen) atoms. The van der Waals surface area contributed by atoms with Crippen LogP contribution in [0.25, 0.3) is 0 Å². The van der Waals surface area contributed by atoms with Crippen LogP contribution in [-0.2, 0) is 14.8 Å². The third-order valence-electron chi connectivity index (χ3n) is 2.95. The van der Waals surface area contributed by atoms with Crippen molar-refractivity contribution in [2.75, 3.05) is 19.9 Å². The quantitative estimate of drug-likeness (QED) is 0.790. The number of aryl methyl sites for hydroxylation is 1. The van der Waals surface area contributed by atoms with Gasteiger partial charge in [-0.3, -0.25) is 4.79 Å². The molecule has 0 saturated heterocycles. The summed E-state index contributed by atoms with van der Waals surface area (Å²) >= 11 is 0. The van der Waals surface area contributed by atoms with Crippen molar-refractivity contribution in [1.82, 2.24) is 10.0 Å². The van der Waals surface area contributed by atoms with Gasteiger partial charge in [-0.25, -0.2) is 13.1 Å². The highest BCUT2D eigenvalue weighted by Gasteiger charge is 2.14. The fourth-order valence-electron chi connectivity index (χ4n) is 1.93. The molecule has 2 N–H and O–H groups in total. The van der Waals surface area contributed by atoms with Gasteiger partial charge in [-0.05, 0) is 19.9 Å². The summed E-state index contributed by atoms with van der Waals surface area (Å²) in [6, 6.07) is 5.54. The summed E-state index contributed by atoms with van der Waals surface area (Å²) in [5.41, 5.74) is 1.97. The zero-order valence-electron chi connectivity index (χ0n) is 12.8. The molecular weight excluding hydrogens is 292 g/mol. The Morgan fingerprint density at radius 3 is 2.62 bits per heavy atom. The largest absolute Gasteiger partial charge is 0.496 e. The number of hydrogen-bond donors (Lipinski definition) is 2. The number of methoxy groups -OCH3 is 1. The van der Waals surface area contributed by atoms with Gasteiger partial charge in [0.25, 0.3) is 0 Å². The van der Waals surface area contributed by atoms with Crippen LogP contribution in [0.15, 0.2) is 18.2 Å². The summed E-state index contributed by atoms with van der Waals surface area (Å²) in [6.07, 6.45) is 1.15. The molecule has 1 aromatic rings. The smallest absolute Gasteiger partial charge is 0.221 e. The lowest BCUT2D eigenvalue weighted by molar-refractivity contribution is -0.121. The average Bonchev–Trinajstić information content (AvgIpc) is 2.37. The van der Waals surface area contributed by atoms with E-state index in [0.29, 0.717) is 5.75 Å². The Kier molecular flexibility index (Phi) is 6.17. The van der Waals surface area contributed by atoms with Crippen molar-refractivity contribution in [3.8, 4) is 5.75 Å². The lowest BCUT2D eigenvalue weighted by Crippen LogP contribution is -2.31. The Morgan fingerprint density at radius 1 is 1.38 bits per heavy atom. The van der Waals surface area contributed by atoms with E-state index in [1.54, 1.807) is 7.11 Å². The molecule has 1 rings (SSSR count). The van der Waals surface area contributed by atoms with Crippen LogP contribution in [0.3, 0.4) is 0 Å². The Morgan fingerprint density at radius 2 is 2.05 bits per heavy atom. The lowest BCUT2D eigenvalue weighted by Gasteiger charge is -2.18. The number of rotatable bonds is 7. The molecular formula is C14H22N2O4S. The van der Waals surface area contributed by atoms with Crippen molar-refractivity contribution in [3.63, 3.8) is 0 Å². The summed E-state index contributed by atoms with van der Waals surface area (Å²) < 4.78 is 29.4. The molecule has 1 unspecified atom stereocenters. The van der Waals surface area contributed by atoms with Crippen LogP contribution >= 0.6 is 0 Å². The number of carbonyl (C=O) groups excluding carboxylic acids is 1. The maximum atomic E-state index is 11.8. The zero-order valence-corrected chi connectivity index (χ0v) is 13.6. The fourth-order valence-corrected chi connectivity index (χ4v) is 2.41. The van der Waals surface area contributed by atoms with E-state index in [2.05, 4.69) is 10.0 Å². The first-order valence-corrected chi connectivity index (χ1v) is 8.50. The Labute approximate surface area is 125 Å². The first-order valence-electron chi connectivity index (χ1n) is 6.61. The number of carbonyl (C=O) groups is 1. The molecule has 0 bridgehead atoms. The topological polar surface area (TPSA) is 84.5 Å². The Hall–Kier alpha value is -1.60. The van der Waals surface area contributed by atoms with Gasteiger partial charge in [0, 0.05) is 18.5 Å².